The normalized spacial score (nSPS) is 13.5. The van der Waals surface area contributed by atoms with E-state index in [1.54, 1.807) is 11.3 Å². The van der Waals surface area contributed by atoms with E-state index in [1.807, 2.05) is 6.92 Å². The summed E-state index contributed by atoms with van der Waals surface area (Å²) in [5.74, 6) is 0. The molecule has 3 heteroatoms. The number of hydrogen-bond acceptors (Lipinski definition) is 3. The van der Waals surface area contributed by atoms with Gasteiger partial charge in [-0.05, 0) is 18.1 Å². The highest BCUT2D eigenvalue weighted by Gasteiger charge is 2.17. The summed E-state index contributed by atoms with van der Waals surface area (Å²) in [6.45, 7) is 8.61. The van der Waals surface area contributed by atoms with Crippen molar-refractivity contribution in [3.63, 3.8) is 0 Å². The molecule has 0 fully saturated rings. The van der Waals surface area contributed by atoms with Crippen LogP contribution < -0.4 is 5.73 Å². The first-order chi connectivity index (χ1) is 8.86. The van der Waals surface area contributed by atoms with Gasteiger partial charge in [-0.1, -0.05) is 45.0 Å². The van der Waals surface area contributed by atoms with Gasteiger partial charge in [0.05, 0.1) is 10.7 Å². The number of nitrogens with two attached hydrogens (primary N) is 1. The number of hydrogen-bond donors (Lipinski definition) is 1. The molecule has 0 aliphatic heterocycles. The molecule has 0 aliphatic carbocycles. The Hall–Kier alpha value is -1.19. The average molecular weight is 274 g/mol. The first kappa shape index (κ1) is 14.2. The summed E-state index contributed by atoms with van der Waals surface area (Å²) in [7, 11) is 0. The lowest BCUT2D eigenvalue weighted by molar-refractivity contribution is 0.571. The zero-order valence-electron chi connectivity index (χ0n) is 12.1. The lowest BCUT2D eigenvalue weighted by atomic mass is 9.93. The van der Waals surface area contributed by atoms with Gasteiger partial charge in [0, 0.05) is 23.3 Å². The fourth-order valence-electron chi connectivity index (χ4n) is 1.90. The van der Waals surface area contributed by atoms with Gasteiger partial charge in [0.25, 0.3) is 0 Å². The standard InChI is InChI=1S/C16H22N2S/c1-11(17)13-7-5-6-12(8-13)9-15-18-14(10-19-15)16(2,3)4/h5-8,10-11H,9,17H2,1-4H3. The van der Waals surface area contributed by atoms with Crippen molar-refractivity contribution in [2.75, 3.05) is 0 Å². The third kappa shape index (κ3) is 3.64. The zero-order valence-corrected chi connectivity index (χ0v) is 12.9. The van der Waals surface area contributed by atoms with E-state index in [9.17, 15) is 0 Å². The topological polar surface area (TPSA) is 38.9 Å². The zero-order chi connectivity index (χ0) is 14.0. The molecule has 0 radical (unpaired) electrons. The Morgan fingerprint density at radius 2 is 2.05 bits per heavy atom. The van der Waals surface area contributed by atoms with E-state index in [1.165, 1.54) is 21.8 Å². The fraction of sp³-hybridized carbons (Fsp3) is 0.438. The average Bonchev–Trinajstić information content (AvgIpc) is 2.77. The molecule has 0 amide bonds. The Bertz CT molecular complexity index is 550. The number of aromatic nitrogens is 1. The summed E-state index contributed by atoms with van der Waals surface area (Å²) in [6.07, 6.45) is 0.890. The van der Waals surface area contributed by atoms with E-state index >= 15 is 0 Å². The largest absolute Gasteiger partial charge is 0.324 e. The molecule has 1 aromatic carbocycles. The van der Waals surface area contributed by atoms with Crippen LogP contribution in [0, 0.1) is 0 Å². The minimum absolute atomic E-state index is 0.0846. The molecule has 1 aromatic heterocycles. The fourth-order valence-corrected chi connectivity index (χ4v) is 2.95. The van der Waals surface area contributed by atoms with Crippen LogP contribution in [0.5, 0.6) is 0 Å². The molecule has 0 spiro atoms. The molecule has 0 saturated carbocycles. The summed E-state index contributed by atoms with van der Waals surface area (Å²) < 4.78 is 0. The van der Waals surface area contributed by atoms with E-state index in [-0.39, 0.29) is 11.5 Å². The van der Waals surface area contributed by atoms with Gasteiger partial charge < -0.3 is 5.73 Å². The Kier molecular flexibility index (Phi) is 4.07. The second kappa shape index (κ2) is 5.43. The molecule has 2 nitrogen and oxygen atoms in total. The molecule has 19 heavy (non-hydrogen) atoms. The molecular formula is C16H22N2S. The number of nitrogens with zero attached hydrogens (tertiary/aromatic N) is 1. The van der Waals surface area contributed by atoms with Gasteiger partial charge in [-0.15, -0.1) is 11.3 Å². The molecule has 0 saturated heterocycles. The third-order valence-electron chi connectivity index (χ3n) is 3.15. The van der Waals surface area contributed by atoms with Crippen molar-refractivity contribution >= 4 is 11.3 Å². The van der Waals surface area contributed by atoms with Crippen molar-refractivity contribution in [3.05, 3.63) is 51.5 Å². The molecule has 1 heterocycles. The van der Waals surface area contributed by atoms with Gasteiger partial charge in [-0.2, -0.15) is 0 Å². The van der Waals surface area contributed by atoms with Crippen LogP contribution in [-0.4, -0.2) is 4.98 Å². The van der Waals surface area contributed by atoms with E-state index in [0.29, 0.717) is 0 Å². The van der Waals surface area contributed by atoms with Crippen molar-refractivity contribution in [1.82, 2.24) is 4.98 Å². The predicted octanol–water partition coefficient (Wildman–Crippen LogP) is 4.05. The molecule has 2 rings (SSSR count). The lowest BCUT2D eigenvalue weighted by Gasteiger charge is -2.14. The van der Waals surface area contributed by atoms with Crippen LogP contribution in [0.15, 0.2) is 29.6 Å². The summed E-state index contributed by atoms with van der Waals surface area (Å²) in [5.41, 5.74) is 9.70. The molecule has 2 N–H and O–H groups in total. The van der Waals surface area contributed by atoms with Crippen LogP contribution >= 0.6 is 11.3 Å². The van der Waals surface area contributed by atoms with Crippen molar-refractivity contribution < 1.29 is 0 Å². The third-order valence-corrected chi connectivity index (χ3v) is 4.00. The Labute approximate surface area is 119 Å². The van der Waals surface area contributed by atoms with Gasteiger partial charge in [0.15, 0.2) is 0 Å². The Morgan fingerprint density at radius 1 is 1.32 bits per heavy atom. The smallest absolute Gasteiger partial charge is 0.0972 e. The lowest BCUT2D eigenvalue weighted by Crippen LogP contribution is -2.11. The van der Waals surface area contributed by atoms with Crippen LogP contribution in [0.1, 0.15) is 55.6 Å². The van der Waals surface area contributed by atoms with Crippen molar-refractivity contribution in [3.8, 4) is 0 Å². The molecule has 102 valence electrons. The van der Waals surface area contributed by atoms with E-state index in [0.717, 1.165) is 6.42 Å². The molecular weight excluding hydrogens is 252 g/mol. The molecule has 0 bridgehead atoms. The Morgan fingerprint density at radius 3 is 2.63 bits per heavy atom. The maximum atomic E-state index is 5.92. The first-order valence-corrected chi connectivity index (χ1v) is 7.53. The van der Waals surface area contributed by atoms with Crippen LogP contribution in [-0.2, 0) is 11.8 Å². The molecule has 1 unspecified atom stereocenters. The highest BCUT2D eigenvalue weighted by atomic mass is 32.1. The maximum Gasteiger partial charge on any atom is 0.0972 e. The van der Waals surface area contributed by atoms with Crippen LogP contribution in [0.25, 0.3) is 0 Å². The van der Waals surface area contributed by atoms with Gasteiger partial charge in [-0.3, -0.25) is 0 Å². The van der Waals surface area contributed by atoms with Crippen molar-refractivity contribution in [1.29, 1.82) is 0 Å². The summed E-state index contributed by atoms with van der Waals surface area (Å²) in [4.78, 5) is 4.74. The summed E-state index contributed by atoms with van der Waals surface area (Å²) in [5, 5.41) is 3.34. The minimum Gasteiger partial charge on any atom is -0.324 e. The minimum atomic E-state index is 0.0846. The quantitative estimate of drug-likeness (QED) is 0.917. The van der Waals surface area contributed by atoms with Gasteiger partial charge in [0.1, 0.15) is 0 Å². The highest BCUT2D eigenvalue weighted by molar-refractivity contribution is 7.09. The second-order valence-electron chi connectivity index (χ2n) is 6.09. The van der Waals surface area contributed by atoms with E-state index in [2.05, 4.69) is 50.4 Å². The number of rotatable bonds is 3. The van der Waals surface area contributed by atoms with Crippen LogP contribution in [0.3, 0.4) is 0 Å². The van der Waals surface area contributed by atoms with E-state index < -0.39 is 0 Å². The number of thiazole rings is 1. The van der Waals surface area contributed by atoms with Gasteiger partial charge in [0.2, 0.25) is 0 Å². The van der Waals surface area contributed by atoms with Gasteiger partial charge in [-0.25, -0.2) is 4.98 Å². The van der Waals surface area contributed by atoms with Crippen LogP contribution in [0.4, 0.5) is 0 Å². The van der Waals surface area contributed by atoms with E-state index in [4.69, 9.17) is 10.7 Å². The number of benzene rings is 1. The molecule has 1 atom stereocenters. The maximum absolute atomic E-state index is 5.92. The monoisotopic (exact) mass is 274 g/mol. The predicted molar refractivity (Wildman–Crippen MR) is 82.7 cm³/mol. The molecule has 2 aromatic rings. The molecule has 0 aliphatic rings. The highest BCUT2D eigenvalue weighted by Crippen LogP contribution is 2.25. The first-order valence-electron chi connectivity index (χ1n) is 6.65. The van der Waals surface area contributed by atoms with Crippen LogP contribution in [0.2, 0.25) is 0 Å². The second-order valence-corrected chi connectivity index (χ2v) is 7.03. The van der Waals surface area contributed by atoms with Gasteiger partial charge >= 0.3 is 0 Å². The summed E-state index contributed by atoms with van der Waals surface area (Å²) >= 11 is 1.74. The SMILES string of the molecule is CC(N)c1cccc(Cc2nc(C(C)(C)C)cs2)c1. The summed E-state index contributed by atoms with van der Waals surface area (Å²) in [6, 6.07) is 8.57. The van der Waals surface area contributed by atoms with Crippen molar-refractivity contribution in [2.24, 2.45) is 5.73 Å². The Balaban J connectivity index is 2.17. The van der Waals surface area contributed by atoms with Crippen molar-refractivity contribution in [2.45, 2.75) is 45.6 Å².